The van der Waals surface area contributed by atoms with Gasteiger partial charge in [0.25, 0.3) is 5.56 Å². The summed E-state index contributed by atoms with van der Waals surface area (Å²) < 4.78 is 11.1. The van der Waals surface area contributed by atoms with Crippen LogP contribution in [0.5, 0.6) is 0 Å². The van der Waals surface area contributed by atoms with E-state index in [0.29, 0.717) is 10.9 Å². The molecule has 0 fully saturated rings. The molecule has 1 rings (SSSR count). The molecule has 0 aliphatic heterocycles. The third-order valence-corrected chi connectivity index (χ3v) is 3.63. The predicted octanol–water partition coefficient (Wildman–Crippen LogP) is -3.72. The molecule has 0 saturated carbocycles. The van der Waals surface area contributed by atoms with Crippen LogP contribution < -0.4 is 68.1 Å². The van der Waals surface area contributed by atoms with Crippen molar-refractivity contribution in [3.63, 3.8) is 0 Å². The van der Waals surface area contributed by atoms with Gasteiger partial charge in [0, 0.05) is 5.41 Å². The molecule has 0 saturated heterocycles. The number of nitrogens with one attached hydrogen (secondary N) is 1. The standard InChI is InChI=1S/C8H14N4OS.C3H8NO5P.K.H/c1-8(2,3)5-6(13)12(9)7(14-4)11-10-5;5-3(6)1-4-2-10(7,8)9;;/h9H2,1-4H3;4H,1-2H2,(H,5,6)(H2,7,8,9);;/q;;+1;-1. The quantitative estimate of drug-likeness (QED) is 0.136. The zero-order valence-electron chi connectivity index (χ0n) is 15.8. The van der Waals surface area contributed by atoms with Gasteiger partial charge < -0.3 is 22.2 Å². The van der Waals surface area contributed by atoms with Gasteiger partial charge in [-0.3, -0.25) is 19.5 Å². The molecule has 1 heterocycles. The number of hydrogen-bond donors (Lipinski definition) is 5. The Morgan fingerprint density at radius 1 is 1.40 bits per heavy atom. The van der Waals surface area contributed by atoms with Gasteiger partial charge in [-0.15, -0.1) is 10.2 Å². The number of nitrogens with two attached hydrogens (primary N) is 1. The van der Waals surface area contributed by atoms with Gasteiger partial charge >= 0.3 is 64.9 Å². The summed E-state index contributed by atoms with van der Waals surface area (Å²) in [6.07, 6.45) is 1.20. The molecule has 0 unspecified atom stereocenters. The maximum atomic E-state index is 11.7. The number of nitrogens with zero attached hydrogens (tertiary/aromatic N) is 3. The fraction of sp³-hybridized carbons (Fsp3) is 0.636. The van der Waals surface area contributed by atoms with E-state index in [1.54, 1.807) is 6.26 Å². The summed E-state index contributed by atoms with van der Waals surface area (Å²) in [4.78, 5) is 37.9. The van der Waals surface area contributed by atoms with Gasteiger partial charge in [-0.25, -0.2) is 0 Å². The average Bonchev–Trinajstić information content (AvgIpc) is 2.39. The van der Waals surface area contributed by atoms with Crippen LogP contribution in [-0.2, 0) is 14.8 Å². The number of carboxylic acid groups (broad SMARTS) is 1. The Kier molecular flexibility index (Phi) is 12.9. The summed E-state index contributed by atoms with van der Waals surface area (Å²) in [7, 11) is -4.10. The van der Waals surface area contributed by atoms with Crippen LogP contribution in [0.3, 0.4) is 0 Å². The molecule has 1 aromatic rings. The summed E-state index contributed by atoms with van der Waals surface area (Å²) in [6, 6.07) is 0. The Balaban J connectivity index is -0.000000398. The normalized spacial score (nSPS) is 11.1. The second-order valence-electron chi connectivity index (χ2n) is 5.60. The van der Waals surface area contributed by atoms with E-state index in [4.69, 9.17) is 20.7 Å². The number of nitrogen functional groups attached to an aromatic ring is 1. The van der Waals surface area contributed by atoms with Crippen molar-refractivity contribution in [3.05, 3.63) is 16.0 Å². The molecule has 0 radical (unpaired) electrons. The molecule has 0 amide bonds. The molecule has 0 bridgehead atoms. The van der Waals surface area contributed by atoms with Crippen molar-refractivity contribution in [2.24, 2.45) is 0 Å². The van der Waals surface area contributed by atoms with E-state index in [1.807, 2.05) is 20.8 Å². The maximum absolute atomic E-state index is 11.7. The topological polar surface area (TPSA) is 181 Å². The van der Waals surface area contributed by atoms with Crippen LogP contribution >= 0.6 is 19.4 Å². The van der Waals surface area contributed by atoms with Gasteiger partial charge in [0.05, 0.1) is 12.8 Å². The minimum absolute atomic E-state index is 0. The van der Waals surface area contributed by atoms with E-state index < -0.39 is 26.4 Å². The summed E-state index contributed by atoms with van der Waals surface area (Å²) in [5.74, 6) is 4.43. The molecule has 0 aliphatic carbocycles. The molecule has 0 aliphatic rings. The number of aromatic nitrogens is 3. The van der Waals surface area contributed by atoms with Gasteiger partial charge in [-0.2, -0.15) is 4.68 Å². The van der Waals surface area contributed by atoms with E-state index >= 15 is 0 Å². The van der Waals surface area contributed by atoms with Gasteiger partial charge in [0.15, 0.2) is 0 Å². The van der Waals surface area contributed by atoms with Crippen molar-refractivity contribution in [1.29, 1.82) is 0 Å². The van der Waals surface area contributed by atoms with Crippen LogP contribution in [0.4, 0.5) is 0 Å². The third kappa shape index (κ3) is 11.5. The van der Waals surface area contributed by atoms with Crippen molar-refractivity contribution in [2.75, 3.05) is 24.9 Å². The van der Waals surface area contributed by atoms with Gasteiger partial charge in [-0.05, 0) is 6.26 Å². The average molecular weight is 423 g/mol. The molecule has 0 aromatic carbocycles. The van der Waals surface area contributed by atoms with Crippen LogP contribution in [0.25, 0.3) is 0 Å². The van der Waals surface area contributed by atoms with Crippen molar-refractivity contribution in [2.45, 2.75) is 31.3 Å². The predicted molar refractivity (Wildman–Crippen MR) is 90.6 cm³/mol. The fourth-order valence-corrected chi connectivity index (χ4v) is 2.11. The van der Waals surface area contributed by atoms with Crippen LogP contribution in [0.1, 0.15) is 27.9 Å². The largest absolute Gasteiger partial charge is 1.00 e. The number of aliphatic carboxylic acids is 1. The van der Waals surface area contributed by atoms with E-state index in [1.165, 1.54) is 11.8 Å². The molecular formula is C11H23KN5O6PS. The minimum atomic E-state index is -4.10. The molecule has 0 atom stereocenters. The first-order valence-electron chi connectivity index (χ1n) is 6.56. The molecule has 140 valence electrons. The van der Waals surface area contributed by atoms with Gasteiger partial charge in [0.1, 0.15) is 5.69 Å². The first-order valence-corrected chi connectivity index (χ1v) is 9.58. The second-order valence-corrected chi connectivity index (χ2v) is 8.02. The number of thioether (sulfide) groups is 1. The first kappa shape index (κ1) is 27.4. The Bertz CT molecular complexity index is 680. The van der Waals surface area contributed by atoms with Gasteiger partial charge in [-0.1, -0.05) is 32.5 Å². The SMILES string of the molecule is CSc1nnc(C(C)(C)C)c(=O)n1N.O=C(O)CNCP(=O)(O)O.[H-].[K+]. The van der Waals surface area contributed by atoms with E-state index in [0.717, 1.165) is 4.68 Å². The van der Waals surface area contributed by atoms with Crippen molar-refractivity contribution in [1.82, 2.24) is 20.2 Å². The molecule has 25 heavy (non-hydrogen) atoms. The molecule has 0 spiro atoms. The fourth-order valence-electron chi connectivity index (χ4n) is 1.30. The number of carboxylic acids is 1. The second kappa shape index (κ2) is 11.8. The van der Waals surface area contributed by atoms with Crippen LogP contribution in [0.15, 0.2) is 9.95 Å². The third-order valence-electron chi connectivity index (χ3n) is 2.35. The van der Waals surface area contributed by atoms with Crippen molar-refractivity contribution in [3.8, 4) is 0 Å². The van der Waals surface area contributed by atoms with E-state index in [-0.39, 0.29) is 63.8 Å². The molecule has 11 nitrogen and oxygen atoms in total. The molecular weight excluding hydrogens is 400 g/mol. The van der Waals surface area contributed by atoms with Crippen molar-refractivity contribution >= 4 is 25.3 Å². The smallest absolute Gasteiger partial charge is 1.00 e. The number of rotatable bonds is 5. The van der Waals surface area contributed by atoms with Crippen LogP contribution in [-0.4, -0.2) is 54.8 Å². The van der Waals surface area contributed by atoms with Crippen molar-refractivity contribution < 1.29 is 77.1 Å². The Morgan fingerprint density at radius 3 is 2.28 bits per heavy atom. The summed E-state index contributed by atoms with van der Waals surface area (Å²) >= 11 is 1.29. The maximum Gasteiger partial charge on any atom is 1.00 e. The monoisotopic (exact) mass is 423 g/mol. The summed E-state index contributed by atoms with van der Waals surface area (Å²) in [5.41, 5.74) is -0.225. The first-order chi connectivity index (χ1) is 10.8. The Morgan fingerprint density at radius 2 is 1.92 bits per heavy atom. The Hall–Kier alpha value is 0.176. The van der Waals surface area contributed by atoms with Gasteiger partial charge in [0.2, 0.25) is 5.16 Å². The molecule has 1 aromatic heterocycles. The number of hydrogen-bond acceptors (Lipinski definition) is 8. The molecule has 14 heteroatoms. The zero-order chi connectivity index (χ0) is 19.1. The zero-order valence-corrected chi connectivity index (χ0v) is 19.6. The van der Waals surface area contributed by atoms with E-state index in [9.17, 15) is 14.2 Å². The van der Waals surface area contributed by atoms with Crippen LogP contribution in [0.2, 0.25) is 0 Å². The molecule has 6 N–H and O–H groups in total. The Labute approximate surface area is 193 Å². The summed E-state index contributed by atoms with van der Waals surface area (Å²) in [5, 5.41) is 18.2. The number of carbonyl (C=O) groups is 1. The summed E-state index contributed by atoms with van der Waals surface area (Å²) in [6.45, 7) is 5.26. The van der Waals surface area contributed by atoms with E-state index in [2.05, 4.69) is 15.5 Å². The van der Waals surface area contributed by atoms with Crippen LogP contribution in [0, 0.1) is 0 Å². The minimum Gasteiger partial charge on any atom is -1.00 e.